The molecule has 1 aliphatic carbocycles. The van der Waals surface area contributed by atoms with E-state index in [-0.39, 0.29) is 11.5 Å². The lowest BCUT2D eigenvalue weighted by Crippen LogP contribution is -2.52. The second-order valence-electron chi connectivity index (χ2n) is 9.53. The molecule has 3 aromatic rings. The predicted octanol–water partition coefficient (Wildman–Crippen LogP) is 6.84. The maximum absolute atomic E-state index is 10.6. The summed E-state index contributed by atoms with van der Waals surface area (Å²) in [6.07, 6.45) is 8.23. The molecule has 1 N–H and O–H groups in total. The lowest BCUT2D eigenvalue weighted by molar-refractivity contribution is -0.0363. The molecule has 2 aromatic carbocycles. The fourth-order valence-corrected chi connectivity index (χ4v) is 5.38. The van der Waals surface area contributed by atoms with Crippen molar-refractivity contribution in [3.05, 3.63) is 75.6 Å². The van der Waals surface area contributed by atoms with Crippen molar-refractivity contribution in [2.24, 2.45) is 0 Å². The summed E-state index contributed by atoms with van der Waals surface area (Å²) in [7, 11) is 0. The average molecular weight is 528 g/mol. The van der Waals surface area contributed by atoms with Crippen molar-refractivity contribution in [3.8, 4) is 11.4 Å². The summed E-state index contributed by atoms with van der Waals surface area (Å²) in [6, 6.07) is 13.9. The van der Waals surface area contributed by atoms with Gasteiger partial charge in [0.05, 0.1) is 10.0 Å². The number of rotatable bonds is 7. The van der Waals surface area contributed by atoms with Crippen LogP contribution in [-0.4, -0.2) is 45.5 Å². The molecule has 188 valence electrons. The van der Waals surface area contributed by atoms with E-state index in [0.29, 0.717) is 34.8 Å². The minimum absolute atomic E-state index is 0.131. The molecule has 1 saturated carbocycles. The zero-order valence-corrected chi connectivity index (χ0v) is 21.2. The molecular weight excluding hydrogens is 501 g/mol. The van der Waals surface area contributed by atoms with Crippen LogP contribution >= 0.6 is 23.2 Å². The molecule has 1 aromatic heterocycles. The fraction of sp³-hybridized carbons (Fsp3) is 0.370. The molecular formula is C27H27Cl2N3O4. The van der Waals surface area contributed by atoms with Crippen molar-refractivity contribution < 1.29 is 19.2 Å². The van der Waals surface area contributed by atoms with Crippen LogP contribution in [-0.2, 0) is 16.7 Å². The second-order valence-corrected chi connectivity index (χ2v) is 10.3. The van der Waals surface area contributed by atoms with Gasteiger partial charge in [-0.1, -0.05) is 84.0 Å². The molecule has 0 spiro atoms. The highest BCUT2D eigenvalue weighted by Gasteiger charge is 2.32. The number of benzene rings is 2. The quantitative estimate of drug-likeness (QED) is 0.336. The van der Waals surface area contributed by atoms with Crippen LogP contribution in [0.1, 0.15) is 49.1 Å². The van der Waals surface area contributed by atoms with Crippen LogP contribution in [0.5, 0.6) is 0 Å². The Balaban J connectivity index is 1.25. The zero-order chi connectivity index (χ0) is 25.1. The Labute approximate surface area is 219 Å². The molecule has 7 nitrogen and oxygen atoms in total. The number of aromatic nitrogens is 2. The van der Waals surface area contributed by atoms with Gasteiger partial charge in [0.1, 0.15) is 6.10 Å². The van der Waals surface area contributed by atoms with Crippen LogP contribution in [0.15, 0.2) is 53.1 Å². The highest BCUT2D eigenvalue weighted by atomic mass is 35.5. The molecule has 0 amide bonds. The second kappa shape index (κ2) is 10.6. The lowest BCUT2D eigenvalue weighted by atomic mass is 9.69. The van der Waals surface area contributed by atoms with Crippen LogP contribution in [0.2, 0.25) is 10.0 Å². The van der Waals surface area contributed by atoms with E-state index in [1.165, 1.54) is 6.42 Å². The number of carbonyl (C=O) groups is 1. The number of nitrogens with zero attached hydrogens (tertiary/aromatic N) is 3. The number of hydrogen-bond acceptors (Lipinski definition) is 6. The summed E-state index contributed by atoms with van der Waals surface area (Å²) >= 11 is 12.5. The Morgan fingerprint density at radius 3 is 2.56 bits per heavy atom. The van der Waals surface area contributed by atoms with Gasteiger partial charge in [-0.15, -0.1) is 0 Å². The number of ether oxygens (including phenoxy) is 1. The molecule has 0 radical (unpaired) electrons. The molecule has 1 saturated heterocycles. The predicted molar refractivity (Wildman–Crippen MR) is 138 cm³/mol. The van der Waals surface area contributed by atoms with Gasteiger partial charge in [-0.3, -0.25) is 4.90 Å². The first-order valence-electron chi connectivity index (χ1n) is 12.1. The molecule has 2 fully saturated rings. The monoisotopic (exact) mass is 527 g/mol. The maximum Gasteiger partial charge on any atom is 0.506 e. The molecule has 2 aliphatic rings. The van der Waals surface area contributed by atoms with Gasteiger partial charge in [0, 0.05) is 36.7 Å². The number of allylic oxidation sites excluding steroid dienone is 1. The number of hydrogen-bond donors (Lipinski definition) is 1. The normalized spacial score (nSPS) is 18.3. The third-order valence-electron chi connectivity index (χ3n) is 7.04. The van der Waals surface area contributed by atoms with E-state index in [1.54, 1.807) is 0 Å². The lowest BCUT2D eigenvalue weighted by Gasteiger charge is -2.37. The first-order chi connectivity index (χ1) is 17.4. The molecule has 0 atom stereocenters. The van der Waals surface area contributed by atoms with Gasteiger partial charge in [0.2, 0.25) is 5.82 Å². The van der Waals surface area contributed by atoms with E-state index >= 15 is 0 Å². The Kier molecular flexibility index (Phi) is 7.32. The Morgan fingerprint density at radius 2 is 1.86 bits per heavy atom. The van der Waals surface area contributed by atoms with E-state index in [0.717, 1.165) is 48.9 Å². The van der Waals surface area contributed by atoms with Crippen LogP contribution in [0.4, 0.5) is 4.79 Å². The molecule has 0 bridgehead atoms. The highest BCUT2D eigenvalue weighted by molar-refractivity contribution is 6.42. The van der Waals surface area contributed by atoms with Crippen molar-refractivity contribution in [2.75, 3.05) is 13.1 Å². The average Bonchev–Trinajstić information content (AvgIpc) is 3.33. The van der Waals surface area contributed by atoms with E-state index < -0.39 is 6.16 Å². The minimum atomic E-state index is -1.22. The van der Waals surface area contributed by atoms with Gasteiger partial charge in [0.15, 0.2) is 0 Å². The van der Waals surface area contributed by atoms with E-state index in [4.69, 9.17) is 37.6 Å². The molecule has 2 heterocycles. The van der Waals surface area contributed by atoms with Gasteiger partial charge in [-0.05, 0) is 36.1 Å². The number of carboxylic acid groups (broad SMARTS) is 1. The Morgan fingerprint density at radius 1 is 1.11 bits per heavy atom. The summed E-state index contributed by atoms with van der Waals surface area (Å²) in [5, 5.41) is 14.0. The van der Waals surface area contributed by atoms with Crippen molar-refractivity contribution >= 4 is 35.4 Å². The maximum atomic E-state index is 10.6. The van der Waals surface area contributed by atoms with Gasteiger partial charge in [0.25, 0.3) is 5.89 Å². The smallest absolute Gasteiger partial charge is 0.450 e. The van der Waals surface area contributed by atoms with E-state index in [9.17, 15) is 4.79 Å². The van der Waals surface area contributed by atoms with Crippen LogP contribution in [0, 0.1) is 0 Å². The van der Waals surface area contributed by atoms with Gasteiger partial charge < -0.3 is 14.4 Å². The molecule has 5 rings (SSSR count). The van der Waals surface area contributed by atoms with E-state index in [1.807, 2.05) is 42.5 Å². The van der Waals surface area contributed by atoms with Crippen LogP contribution in [0.3, 0.4) is 0 Å². The summed E-state index contributed by atoms with van der Waals surface area (Å²) in [5.41, 5.74) is 3.02. The molecule has 36 heavy (non-hydrogen) atoms. The first kappa shape index (κ1) is 24.8. The molecule has 9 heteroatoms. The summed E-state index contributed by atoms with van der Waals surface area (Å²) in [4.78, 5) is 17.3. The largest absolute Gasteiger partial charge is 0.506 e. The van der Waals surface area contributed by atoms with E-state index in [2.05, 4.69) is 27.2 Å². The van der Waals surface area contributed by atoms with Gasteiger partial charge >= 0.3 is 6.16 Å². The SMILES string of the molecule is O=C(O)OC1CN(Cc2ccc(-c3noc(/C=C/C4(c5ccc(Cl)c(Cl)c5)CCCCC4)n3)cc2)C1. The Bertz CT molecular complexity index is 1250. The summed E-state index contributed by atoms with van der Waals surface area (Å²) in [5.74, 6) is 0.997. The number of likely N-dealkylation sites (tertiary alicyclic amines) is 1. The highest BCUT2D eigenvalue weighted by Crippen LogP contribution is 2.42. The van der Waals surface area contributed by atoms with Crippen molar-refractivity contribution in [2.45, 2.75) is 50.2 Å². The van der Waals surface area contributed by atoms with Gasteiger partial charge in [-0.25, -0.2) is 4.79 Å². The van der Waals surface area contributed by atoms with Crippen molar-refractivity contribution in [1.29, 1.82) is 0 Å². The third-order valence-corrected chi connectivity index (χ3v) is 7.78. The fourth-order valence-electron chi connectivity index (χ4n) is 5.08. The van der Waals surface area contributed by atoms with Crippen LogP contribution in [0.25, 0.3) is 17.5 Å². The topological polar surface area (TPSA) is 88.7 Å². The minimum Gasteiger partial charge on any atom is -0.450 e. The van der Waals surface area contributed by atoms with Crippen molar-refractivity contribution in [1.82, 2.24) is 15.0 Å². The standard InChI is InChI=1S/C27H27Cl2N3O4/c28-22-9-8-20(14-23(22)29)27(11-2-1-3-12-27)13-10-24-30-25(31-36-24)19-6-4-18(5-7-19)15-32-16-21(17-32)35-26(33)34/h4-10,13-14,21H,1-3,11-12,15-17H2,(H,33,34)/b13-10+. The zero-order valence-electron chi connectivity index (χ0n) is 19.7. The van der Waals surface area contributed by atoms with Crippen molar-refractivity contribution in [3.63, 3.8) is 0 Å². The molecule has 1 aliphatic heterocycles. The Hall–Kier alpha value is -2.87. The first-order valence-corrected chi connectivity index (χ1v) is 12.9. The van der Waals surface area contributed by atoms with Crippen LogP contribution < -0.4 is 0 Å². The molecule has 0 unspecified atom stereocenters. The number of halogens is 2. The van der Waals surface area contributed by atoms with Gasteiger partial charge in [-0.2, -0.15) is 4.98 Å². The summed E-state index contributed by atoms with van der Waals surface area (Å²) < 4.78 is 10.3. The third kappa shape index (κ3) is 5.59. The summed E-state index contributed by atoms with van der Waals surface area (Å²) in [6.45, 7) is 1.95.